The summed E-state index contributed by atoms with van der Waals surface area (Å²) in [5.41, 5.74) is 5.09. The van der Waals surface area contributed by atoms with Crippen LogP contribution in [0.1, 0.15) is 28.1 Å². The summed E-state index contributed by atoms with van der Waals surface area (Å²) >= 11 is 0. The molecule has 0 atom stereocenters. The van der Waals surface area contributed by atoms with Crippen molar-refractivity contribution in [1.82, 2.24) is 15.5 Å². The van der Waals surface area contributed by atoms with Crippen LogP contribution in [-0.2, 0) is 13.1 Å². The molecule has 2 rings (SSSR count). The molecule has 0 radical (unpaired) electrons. The molecule has 0 spiro atoms. The Morgan fingerprint density at radius 1 is 1.22 bits per heavy atom. The molecule has 0 saturated carbocycles. The Labute approximate surface area is 106 Å². The number of benzene rings is 1. The fraction of sp³-hybridized carbons (Fsp3) is 0.357. The lowest BCUT2D eigenvalue weighted by molar-refractivity contribution is 0.615. The van der Waals surface area contributed by atoms with Crippen LogP contribution in [0, 0.1) is 26.6 Å². The van der Waals surface area contributed by atoms with E-state index >= 15 is 0 Å². The molecule has 1 aromatic heterocycles. The van der Waals surface area contributed by atoms with Crippen LogP contribution in [-0.4, -0.2) is 10.2 Å². The zero-order chi connectivity index (χ0) is 13.1. The number of aryl methyl sites for hydroxylation is 3. The van der Waals surface area contributed by atoms with Crippen molar-refractivity contribution in [2.24, 2.45) is 0 Å². The Kier molecular flexibility index (Phi) is 3.77. The summed E-state index contributed by atoms with van der Waals surface area (Å²) in [6.07, 6.45) is 0. The molecule has 96 valence electrons. The molecule has 1 aromatic carbocycles. The SMILES string of the molecule is Cc1cc(CNCc2c(C)n[nH]c2C)ccc1F. The zero-order valence-corrected chi connectivity index (χ0v) is 11.0. The third-order valence-corrected chi connectivity index (χ3v) is 3.13. The maximum Gasteiger partial charge on any atom is 0.126 e. The highest BCUT2D eigenvalue weighted by molar-refractivity contribution is 5.25. The summed E-state index contributed by atoms with van der Waals surface area (Å²) in [5.74, 6) is -0.153. The van der Waals surface area contributed by atoms with E-state index in [1.807, 2.05) is 26.0 Å². The van der Waals surface area contributed by atoms with Crippen LogP contribution in [0.15, 0.2) is 18.2 Å². The number of hydrogen-bond acceptors (Lipinski definition) is 2. The number of nitrogens with zero attached hydrogens (tertiary/aromatic N) is 1. The van der Waals surface area contributed by atoms with Crippen LogP contribution in [0.4, 0.5) is 4.39 Å². The summed E-state index contributed by atoms with van der Waals surface area (Å²) in [7, 11) is 0. The zero-order valence-electron chi connectivity index (χ0n) is 11.0. The number of H-pyrrole nitrogens is 1. The summed E-state index contributed by atoms with van der Waals surface area (Å²) < 4.78 is 13.1. The van der Waals surface area contributed by atoms with Crippen molar-refractivity contribution in [3.05, 3.63) is 52.1 Å². The Hall–Kier alpha value is -1.68. The lowest BCUT2D eigenvalue weighted by Crippen LogP contribution is -2.13. The second-order valence-electron chi connectivity index (χ2n) is 4.60. The van der Waals surface area contributed by atoms with Gasteiger partial charge < -0.3 is 5.32 Å². The third kappa shape index (κ3) is 2.76. The minimum absolute atomic E-state index is 0.153. The van der Waals surface area contributed by atoms with Crippen molar-refractivity contribution in [2.45, 2.75) is 33.9 Å². The minimum atomic E-state index is -0.153. The highest BCUT2D eigenvalue weighted by Crippen LogP contribution is 2.11. The van der Waals surface area contributed by atoms with Gasteiger partial charge in [-0.3, -0.25) is 5.10 Å². The molecule has 0 aliphatic rings. The molecule has 4 heteroatoms. The van der Waals surface area contributed by atoms with E-state index in [1.54, 1.807) is 6.92 Å². The van der Waals surface area contributed by atoms with Crippen molar-refractivity contribution < 1.29 is 4.39 Å². The van der Waals surface area contributed by atoms with Gasteiger partial charge in [0.25, 0.3) is 0 Å². The Balaban J connectivity index is 1.94. The van der Waals surface area contributed by atoms with Gasteiger partial charge in [-0.2, -0.15) is 5.10 Å². The molecule has 3 nitrogen and oxygen atoms in total. The van der Waals surface area contributed by atoms with Gasteiger partial charge in [-0.05, 0) is 38.0 Å². The molecule has 0 amide bonds. The normalized spacial score (nSPS) is 10.9. The maximum atomic E-state index is 13.1. The average Bonchev–Trinajstić information content (AvgIpc) is 2.65. The highest BCUT2D eigenvalue weighted by Gasteiger charge is 2.05. The molecule has 0 bridgehead atoms. The number of hydrogen-bond donors (Lipinski definition) is 2. The van der Waals surface area contributed by atoms with Crippen LogP contribution in [0.3, 0.4) is 0 Å². The van der Waals surface area contributed by atoms with Gasteiger partial charge in [0.2, 0.25) is 0 Å². The van der Waals surface area contributed by atoms with E-state index in [0.29, 0.717) is 5.56 Å². The average molecular weight is 247 g/mol. The first-order chi connectivity index (χ1) is 8.58. The van der Waals surface area contributed by atoms with Crippen LogP contribution in [0.2, 0.25) is 0 Å². The van der Waals surface area contributed by atoms with Gasteiger partial charge in [-0.15, -0.1) is 0 Å². The Bertz CT molecular complexity index is 526. The fourth-order valence-corrected chi connectivity index (χ4v) is 1.98. The second-order valence-corrected chi connectivity index (χ2v) is 4.60. The molecule has 1 heterocycles. The number of aromatic nitrogens is 2. The number of aromatic amines is 1. The molecule has 0 aliphatic heterocycles. The molecule has 18 heavy (non-hydrogen) atoms. The molecule has 2 N–H and O–H groups in total. The first kappa shape index (κ1) is 12.8. The van der Waals surface area contributed by atoms with Gasteiger partial charge >= 0.3 is 0 Å². The van der Waals surface area contributed by atoms with Gasteiger partial charge in [0.15, 0.2) is 0 Å². The summed E-state index contributed by atoms with van der Waals surface area (Å²) in [6.45, 7) is 7.28. The monoisotopic (exact) mass is 247 g/mol. The van der Waals surface area contributed by atoms with Crippen molar-refractivity contribution >= 4 is 0 Å². The number of nitrogens with one attached hydrogen (secondary N) is 2. The molecule has 2 aromatic rings. The Morgan fingerprint density at radius 2 is 2.00 bits per heavy atom. The van der Waals surface area contributed by atoms with E-state index in [0.717, 1.165) is 30.0 Å². The maximum absolute atomic E-state index is 13.1. The van der Waals surface area contributed by atoms with Crippen LogP contribution < -0.4 is 5.32 Å². The van der Waals surface area contributed by atoms with Crippen LogP contribution in [0.25, 0.3) is 0 Å². The largest absolute Gasteiger partial charge is 0.308 e. The van der Waals surface area contributed by atoms with Crippen LogP contribution >= 0.6 is 0 Å². The lowest BCUT2D eigenvalue weighted by atomic mass is 10.1. The molecular weight excluding hydrogens is 229 g/mol. The number of halogens is 1. The summed E-state index contributed by atoms with van der Waals surface area (Å²) in [6, 6.07) is 5.20. The van der Waals surface area contributed by atoms with E-state index in [4.69, 9.17) is 0 Å². The topological polar surface area (TPSA) is 40.7 Å². The molecule has 0 saturated heterocycles. The van der Waals surface area contributed by atoms with E-state index < -0.39 is 0 Å². The van der Waals surface area contributed by atoms with E-state index in [-0.39, 0.29) is 5.82 Å². The van der Waals surface area contributed by atoms with Crippen molar-refractivity contribution in [3.8, 4) is 0 Å². The van der Waals surface area contributed by atoms with Gasteiger partial charge in [0.1, 0.15) is 5.82 Å². The minimum Gasteiger partial charge on any atom is -0.308 e. The van der Waals surface area contributed by atoms with Crippen molar-refractivity contribution in [3.63, 3.8) is 0 Å². The van der Waals surface area contributed by atoms with Gasteiger partial charge in [-0.25, -0.2) is 4.39 Å². The fourth-order valence-electron chi connectivity index (χ4n) is 1.98. The molecule has 0 fully saturated rings. The highest BCUT2D eigenvalue weighted by atomic mass is 19.1. The van der Waals surface area contributed by atoms with E-state index in [1.165, 1.54) is 11.6 Å². The first-order valence-electron chi connectivity index (χ1n) is 6.04. The van der Waals surface area contributed by atoms with Crippen molar-refractivity contribution in [2.75, 3.05) is 0 Å². The van der Waals surface area contributed by atoms with Gasteiger partial charge in [-0.1, -0.05) is 12.1 Å². The smallest absolute Gasteiger partial charge is 0.126 e. The molecule has 0 unspecified atom stereocenters. The third-order valence-electron chi connectivity index (χ3n) is 3.13. The lowest BCUT2D eigenvalue weighted by Gasteiger charge is -2.06. The van der Waals surface area contributed by atoms with Crippen LogP contribution in [0.5, 0.6) is 0 Å². The number of rotatable bonds is 4. The summed E-state index contributed by atoms with van der Waals surface area (Å²) in [5, 5.41) is 10.5. The standard InChI is InChI=1S/C14H18FN3/c1-9-6-12(4-5-14(9)15)7-16-8-13-10(2)17-18-11(13)3/h4-6,16H,7-8H2,1-3H3,(H,17,18). The Morgan fingerprint density at radius 3 is 2.61 bits per heavy atom. The predicted molar refractivity (Wildman–Crippen MR) is 69.7 cm³/mol. The predicted octanol–water partition coefficient (Wildman–Crippen LogP) is 2.76. The quantitative estimate of drug-likeness (QED) is 0.872. The second kappa shape index (κ2) is 5.31. The van der Waals surface area contributed by atoms with Crippen molar-refractivity contribution in [1.29, 1.82) is 0 Å². The van der Waals surface area contributed by atoms with Gasteiger partial charge in [0, 0.05) is 24.3 Å². The molecular formula is C14H18FN3. The summed E-state index contributed by atoms with van der Waals surface area (Å²) in [4.78, 5) is 0. The van der Waals surface area contributed by atoms with Gasteiger partial charge in [0.05, 0.1) is 5.69 Å². The van der Waals surface area contributed by atoms with E-state index in [9.17, 15) is 4.39 Å². The molecule has 0 aliphatic carbocycles. The first-order valence-corrected chi connectivity index (χ1v) is 6.04. The van der Waals surface area contributed by atoms with E-state index in [2.05, 4.69) is 15.5 Å².